The SMILES string of the molecule is Cc1ccc(CC(=O)OCC(=O)Nc2cc3c(cc2[N+](=O)[O-])OCCCO3)cc1. The van der Waals surface area contributed by atoms with E-state index >= 15 is 0 Å². The number of fused-ring (bicyclic) bond motifs is 1. The molecule has 0 aromatic heterocycles. The zero-order valence-corrected chi connectivity index (χ0v) is 15.8. The largest absolute Gasteiger partial charge is 0.489 e. The van der Waals surface area contributed by atoms with Crippen molar-refractivity contribution in [1.29, 1.82) is 0 Å². The Morgan fingerprint density at radius 3 is 2.45 bits per heavy atom. The number of ether oxygens (including phenoxy) is 3. The minimum absolute atomic E-state index is 0.0255. The Bertz CT molecular complexity index is 925. The van der Waals surface area contributed by atoms with Crippen molar-refractivity contribution in [2.75, 3.05) is 25.1 Å². The van der Waals surface area contributed by atoms with Gasteiger partial charge >= 0.3 is 5.97 Å². The number of aryl methyl sites for hydroxylation is 1. The molecule has 0 fully saturated rings. The summed E-state index contributed by atoms with van der Waals surface area (Å²) in [6.45, 7) is 2.16. The van der Waals surface area contributed by atoms with Gasteiger partial charge in [0.15, 0.2) is 18.1 Å². The smallest absolute Gasteiger partial charge is 0.310 e. The van der Waals surface area contributed by atoms with Crippen molar-refractivity contribution in [3.63, 3.8) is 0 Å². The number of nitrogens with one attached hydrogen (secondary N) is 1. The van der Waals surface area contributed by atoms with E-state index in [0.717, 1.165) is 11.1 Å². The summed E-state index contributed by atoms with van der Waals surface area (Å²) in [5.74, 6) is -0.714. The maximum Gasteiger partial charge on any atom is 0.310 e. The number of nitro groups is 1. The van der Waals surface area contributed by atoms with Crippen molar-refractivity contribution in [2.24, 2.45) is 0 Å². The fraction of sp³-hybridized carbons (Fsp3) is 0.300. The maximum atomic E-state index is 12.1. The number of carbonyl (C=O) groups excluding carboxylic acids is 2. The van der Waals surface area contributed by atoms with Crippen LogP contribution in [0.15, 0.2) is 36.4 Å². The highest BCUT2D eigenvalue weighted by Crippen LogP contribution is 2.39. The van der Waals surface area contributed by atoms with Crippen molar-refractivity contribution < 1.29 is 28.7 Å². The molecule has 29 heavy (non-hydrogen) atoms. The predicted molar refractivity (Wildman–Crippen MR) is 103 cm³/mol. The molecule has 2 aromatic rings. The number of carbonyl (C=O) groups is 2. The minimum atomic E-state index is -0.695. The van der Waals surface area contributed by atoms with Crippen LogP contribution in [0.2, 0.25) is 0 Å². The standard InChI is InChI=1S/C20H20N2O7/c1-13-3-5-14(6-4-13)9-20(24)29-12-19(23)21-15-10-17-18(11-16(15)22(25)26)28-8-2-7-27-17/h3-6,10-11H,2,7-9,12H2,1H3,(H,21,23). The number of nitro benzene ring substituents is 1. The van der Waals surface area contributed by atoms with E-state index in [1.807, 2.05) is 19.1 Å². The van der Waals surface area contributed by atoms with Crippen molar-refractivity contribution in [2.45, 2.75) is 19.8 Å². The number of rotatable bonds is 6. The summed E-state index contributed by atoms with van der Waals surface area (Å²) in [6.07, 6.45) is 0.666. The lowest BCUT2D eigenvalue weighted by atomic mass is 10.1. The van der Waals surface area contributed by atoms with E-state index in [2.05, 4.69) is 5.32 Å². The second-order valence-corrected chi connectivity index (χ2v) is 6.49. The van der Waals surface area contributed by atoms with Crippen molar-refractivity contribution in [1.82, 2.24) is 0 Å². The number of amides is 1. The quantitative estimate of drug-likeness (QED) is 0.450. The van der Waals surface area contributed by atoms with E-state index in [0.29, 0.717) is 25.4 Å². The summed E-state index contributed by atoms with van der Waals surface area (Å²) >= 11 is 0. The summed E-state index contributed by atoms with van der Waals surface area (Å²) in [6, 6.07) is 9.90. The Labute approximate surface area is 166 Å². The molecule has 1 aliphatic rings. The van der Waals surface area contributed by atoms with Crippen LogP contribution in [-0.4, -0.2) is 36.6 Å². The molecule has 0 radical (unpaired) electrons. The number of hydrogen-bond donors (Lipinski definition) is 1. The third-order valence-electron chi connectivity index (χ3n) is 4.17. The van der Waals surface area contributed by atoms with Gasteiger partial charge in [-0.05, 0) is 12.5 Å². The predicted octanol–water partition coefficient (Wildman–Crippen LogP) is 2.79. The van der Waals surface area contributed by atoms with Gasteiger partial charge in [-0.15, -0.1) is 0 Å². The van der Waals surface area contributed by atoms with E-state index in [9.17, 15) is 19.7 Å². The van der Waals surface area contributed by atoms with E-state index in [1.165, 1.54) is 12.1 Å². The third-order valence-corrected chi connectivity index (χ3v) is 4.17. The van der Waals surface area contributed by atoms with Crippen LogP contribution in [0.3, 0.4) is 0 Å². The number of esters is 1. The van der Waals surface area contributed by atoms with Crippen molar-refractivity contribution in [3.8, 4) is 11.5 Å². The Hall–Kier alpha value is -3.62. The first-order valence-electron chi connectivity index (χ1n) is 9.01. The summed E-state index contributed by atoms with van der Waals surface area (Å²) in [4.78, 5) is 34.8. The second-order valence-electron chi connectivity index (χ2n) is 6.49. The number of hydrogen-bond acceptors (Lipinski definition) is 7. The van der Waals surface area contributed by atoms with Gasteiger partial charge in [-0.1, -0.05) is 29.8 Å². The lowest BCUT2D eigenvalue weighted by Gasteiger charge is -2.11. The molecule has 1 N–H and O–H groups in total. The third kappa shape index (κ3) is 5.44. The van der Waals surface area contributed by atoms with Crippen LogP contribution in [0, 0.1) is 17.0 Å². The van der Waals surface area contributed by atoms with Crippen LogP contribution in [0.25, 0.3) is 0 Å². The molecule has 0 spiro atoms. The molecule has 1 aliphatic heterocycles. The zero-order valence-electron chi connectivity index (χ0n) is 15.8. The summed E-state index contributed by atoms with van der Waals surface area (Å²) in [5, 5.41) is 13.7. The van der Waals surface area contributed by atoms with E-state index in [4.69, 9.17) is 14.2 Å². The van der Waals surface area contributed by atoms with E-state index in [-0.39, 0.29) is 23.5 Å². The van der Waals surface area contributed by atoms with Crippen LogP contribution in [0.1, 0.15) is 17.5 Å². The first kappa shape index (κ1) is 20.1. The minimum Gasteiger partial charge on any atom is -0.489 e. The molecule has 0 saturated carbocycles. The van der Waals surface area contributed by atoms with Crippen LogP contribution >= 0.6 is 0 Å². The molecule has 9 nitrogen and oxygen atoms in total. The molecule has 1 heterocycles. The summed E-state index contributed by atoms with van der Waals surface area (Å²) in [7, 11) is 0. The molecule has 0 aliphatic carbocycles. The number of benzene rings is 2. The van der Waals surface area contributed by atoms with Crippen molar-refractivity contribution in [3.05, 3.63) is 57.6 Å². The topological polar surface area (TPSA) is 117 Å². The summed E-state index contributed by atoms with van der Waals surface area (Å²) < 4.78 is 15.9. The van der Waals surface area contributed by atoms with Crippen LogP contribution < -0.4 is 14.8 Å². The van der Waals surface area contributed by atoms with Gasteiger partial charge in [-0.25, -0.2) is 0 Å². The highest BCUT2D eigenvalue weighted by Gasteiger charge is 2.23. The van der Waals surface area contributed by atoms with E-state index in [1.54, 1.807) is 12.1 Å². The molecule has 0 unspecified atom stereocenters. The van der Waals surface area contributed by atoms with Gasteiger partial charge in [0, 0.05) is 12.5 Å². The first-order chi connectivity index (χ1) is 13.9. The Balaban J connectivity index is 1.62. The molecule has 1 amide bonds. The summed E-state index contributed by atoms with van der Waals surface area (Å²) in [5.41, 5.74) is 1.44. The Kier molecular flexibility index (Phi) is 6.28. The lowest BCUT2D eigenvalue weighted by Crippen LogP contribution is -2.22. The average molecular weight is 400 g/mol. The highest BCUT2D eigenvalue weighted by molar-refractivity contribution is 5.95. The number of anilines is 1. The molecule has 0 atom stereocenters. The molecular weight excluding hydrogens is 380 g/mol. The Morgan fingerprint density at radius 2 is 1.79 bits per heavy atom. The number of nitrogens with zero attached hydrogens (tertiary/aromatic N) is 1. The molecule has 9 heteroatoms. The Morgan fingerprint density at radius 1 is 1.14 bits per heavy atom. The van der Waals surface area contributed by atoms with E-state index < -0.39 is 23.4 Å². The second kappa shape index (κ2) is 9.05. The fourth-order valence-electron chi connectivity index (χ4n) is 2.71. The maximum absolute atomic E-state index is 12.1. The molecular formula is C20H20N2O7. The van der Waals surface area contributed by atoms with Gasteiger partial charge in [0.25, 0.3) is 11.6 Å². The van der Waals surface area contributed by atoms with Gasteiger partial charge in [0.2, 0.25) is 0 Å². The molecule has 0 saturated heterocycles. The van der Waals surface area contributed by atoms with Gasteiger partial charge in [0.05, 0.1) is 30.6 Å². The zero-order chi connectivity index (χ0) is 20.8. The van der Waals surface area contributed by atoms with Gasteiger partial charge in [0.1, 0.15) is 5.69 Å². The first-order valence-corrected chi connectivity index (χ1v) is 9.01. The van der Waals surface area contributed by atoms with Gasteiger partial charge < -0.3 is 19.5 Å². The van der Waals surface area contributed by atoms with Crippen LogP contribution in [0.5, 0.6) is 11.5 Å². The van der Waals surface area contributed by atoms with Crippen LogP contribution in [0.4, 0.5) is 11.4 Å². The lowest BCUT2D eigenvalue weighted by molar-refractivity contribution is -0.384. The monoisotopic (exact) mass is 400 g/mol. The molecule has 152 valence electrons. The van der Waals surface area contributed by atoms with Gasteiger partial charge in [-0.2, -0.15) is 0 Å². The van der Waals surface area contributed by atoms with Gasteiger partial charge in [-0.3, -0.25) is 19.7 Å². The molecule has 0 bridgehead atoms. The van der Waals surface area contributed by atoms with Crippen LogP contribution in [-0.2, 0) is 20.7 Å². The average Bonchev–Trinajstić information content (AvgIpc) is 2.92. The fourth-order valence-corrected chi connectivity index (χ4v) is 2.71. The highest BCUT2D eigenvalue weighted by atomic mass is 16.6. The normalized spacial score (nSPS) is 12.6. The molecule has 2 aromatic carbocycles. The van der Waals surface area contributed by atoms with Crippen molar-refractivity contribution >= 4 is 23.3 Å². The molecule has 3 rings (SSSR count).